The summed E-state index contributed by atoms with van der Waals surface area (Å²) in [7, 11) is 0. The van der Waals surface area contributed by atoms with Gasteiger partial charge >= 0.3 is 0 Å². The zero-order chi connectivity index (χ0) is 15.5. The number of nitrogens with zero attached hydrogens (tertiary/aromatic N) is 3. The molecule has 0 aliphatic heterocycles. The Labute approximate surface area is 129 Å². The summed E-state index contributed by atoms with van der Waals surface area (Å²) < 4.78 is 1.99. The molecule has 1 N–H and O–H groups in total. The highest BCUT2D eigenvalue weighted by molar-refractivity contribution is 5.95. The number of fused-ring (bicyclic) bond motifs is 1. The van der Waals surface area contributed by atoms with Gasteiger partial charge in [0.2, 0.25) is 0 Å². The van der Waals surface area contributed by atoms with Gasteiger partial charge in [-0.2, -0.15) is 0 Å². The van der Waals surface area contributed by atoms with Crippen LogP contribution in [0.25, 0.3) is 16.9 Å². The molecule has 0 aliphatic rings. The molecule has 22 heavy (non-hydrogen) atoms. The standard InChI is InChI=1S/C17H18N4O/c1-3-7-18-16-17-20-11-15(21(17)9-8-19-16)14-6-4-5-13(10-14)12(2)22/h4-6,8-11H,3,7H2,1-2H3,(H,18,19). The molecule has 0 aliphatic carbocycles. The molecule has 2 heterocycles. The molecular formula is C17H18N4O. The van der Waals surface area contributed by atoms with Crippen LogP contribution in [0.4, 0.5) is 5.82 Å². The van der Waals surface area contributed by atoms with E-state index in [-0.39, 0.29) is 5.78 Å². The molecule has 0 atom stereocenters. The van der Waals surface area contributed by atoms with Gasteiger partial charge in [-0.05, 0) is 19.4 Å². The van der Waals surface area contributed by atoms with Crippen LogP contribution < -0.4 is 5.32 Å². The van der Waals surface area contributed by atoms with Crippen molar-refractivity contribution in [2.24, 2.45) is 0 Å². The van der Waals surface area contributed by atoms with Crippen LogP contribution in [0.1, 0.15) is 30.6 Å². The number of nitrogens with one attached hydrogen (secondary N) is 1. The Balaban J connectivity index is 2.09. The monoisotopic (exact) mass is 294 g/mol. The number of carbonyl (C=O) groups is 1. The van der Waals surface area contributed by atoms with Gasteiger partial charge in [-0.3, -0.25) is 9.20 Å². The first kappa shape index (κ1) is 14.3. The van der Waals surface area contributed by atoms with Crippen LogP contribution in [0, 0.1) is 0 Å². The molecule has 1 aromatic carbocycles. The number of anilines is 1. The number of hydrogen-bond acceptors (Lipinski definition) is 4. The maximum atomic E-state index is 11.6. The minimum Gasteiger partial charge on any atom is -0.367 e. The van der Waals surface area contributed by atoms with Gasteiger partial charge in [0.05, 0.1) is 11.9 Å². The third-order valence-electron chi connectivity index (χ3n) is 3.54. The van der Waals surface area contributed by atoms with Crippen LogP contribution in [0.5, 0.6) is 0 Å². The molecule has 0 fully saturated rings. The molecule has 5 nitrogen and oxygen atoms in total. The summed E-state index contributed by atoms with van der Waals surface area (Å²) in [4.78, 5) is 20.4. The van der Waals surface area contributed by atoms with Crippen LogP contribution in [-0.2, 0) is 0 Å². The molecule has 0 saturated carbocycles. The summed E-state index contributed by atoms with van der Waals surface area (Å²) >= 11 is 0. The van der Waals surface area contributed by atoms with Crippen molar-refractivity contribution in [2.45, 2.75) is 20.3 Å². The first-order chi connectivity index (χ1) is 10.7. The van der Waals surface area contributed by atoms with Crippen molar-refractivity contribution in [3.05, 3.63) is 48.4 Å². The van der Waals surface area contributed by atoms with Crippen molar-refractivity contribution in [3.63, 3.8) is 0 Å². The van der Waals surface area contributed by atoms with Gasteiger partial charge < -0.3 is 5.32 Å². The summed E-state index contributed by atoms with van der Waals surface area (Å²) in [5.41, 5.74) is 3.40. The second-order valence-electron chi connectivity index (χ2n) is 5.18. The lowest BCUT2D eigenvalue weighted by Crippen LogP contribution is -2.04. The Morgan fingerprint density at radius 3 is 2.95 bits per heavy atom. The number of imidazole rings is 1. The number of Topliss-reactive ketones (excluding diaryl/α,β-unsaturated/α-hetero) is 1. The van der Waals surface area contributed by atoms with E-state index in [1.54, 1.807) is 13.1 Å². The highest BCUT2D eigenvalue weighted by Crippen LogP contribution is 2.24. The molecule has 3 rings (SSSR count). The Morgan fingerprint density at radius 1 is 1.32 bits per heavy atom. The van der Waals surface area contributed by atoms with Crippen LogP contribution in [0.3, 0.4) is 0 Å². The Hall–Kier alpha value is -2.69. The third kappa shape index (κ3) is 2.57. The van der Waals surface area contributed by atoms with Crippen molar-refractivity contribution in [3.8, 4) is 11.3 Å². The number of carbonyl (C=O) groups excluding carboxylic acids is 1. The van der Waals surface area contributed by atoms with Crippen molar-refractivity contribution >= 4 is 17.2 Å². The Bertz CT molecular complexity index is 822. The summed E-state index contributed by atoms with van der Waals surface area (Å²) in [5, 5.41) is 3.28. The van der Waals surface area contributed by atoms with Crippen LogP contribution in [0.15, 0.2) is 42.9 Å². The zero-order valence-electron chi connectivity index (χ0n) is 12.7. The van der Waals surface area contributed by atoms with Gasteiger partial charge in [-0.25, -0.2) is 9.97 Å². The average Bonchev–Trinajstić information content (AvgIpc) is 2.97. The highest BCUT2D eigenvalue weighted by atomic mass is 16.1. The molecule has 112 valence electrons. The van der Waals surface area contributed by atoms with Crippen molar-refractivity contribution < 1.29 is 4.79 Å². The quantitative estimate of drug-likeness (QED) is 0.732. The minimum absolute atomic E-state index is 0.0580. The topological polar surface area (TPSA) is 59.3 Å². The lowest BCUT2D eigenvalue weighted by atomic mass is 10.1. The van der Waals surface area contributed by atoms with Crippen LogP contribution >= 0.6 is 0 Å². The number of rotatable bonds is 5. The van der Waals surface area contributed by atoms with Crippen LogP contribution in [0.2, 0.25) is 0 Å². The van der Waals surface area contributed by atoms with E-state index in [0.29, 0.717) is 5.56 Å². The van der Waals surface area contributed by atoms with Gasteiger partial charge in [0, 0.05) is 30.1 Å². The summed E-state index contributed by atoms with van der Waals surface area (Å²) in [6.07, 6.45) is 6.48. The molecule has 0 radical (unpaired) electrons. The van der Waals surface area contributed by atoms with Crippen molar-refractivity contribution in [2.75, 3.05) is 11.9 Å². The first-order valence-corrected chi connectivity index (χ1v) is 7.38. The summed E-state index contributed by atoms with van der Waals surface area (Å²) in [5.74, 6) is 0.834. The van der Waals surface area contributed by atoms with E-state index in [1.165, 1.54) is 0 Å². The van der Waals surface area contributed by atoms with Gasteiger partial charge in [-0.15, -0.1) is 0 Å². The maximum Gasteiger partial charge on any atom is 0.180 e. The molecule has 3 aromatic rings. The molecule has 2 aromatic heterocycles. The fourth-order valence-corrected chi connectivity index (χ4v) is 2.40. The third-order valence-corrected chi connectivity index (χ3v) is 3.54. The fraction of sp³-hybridized carbons (Fsp3) is 0.235. The van der Waals surface area contributed by atoms with Gasteiger partial charge in [0.15, 0.2) is 17.2 Å². The second-order valence-corrected chi connectivity index (χ2v) is 5.18. The maximum absolute atomic E-state index is 11.6. The van der Waals surface area contributed by atoms with Gasteiger partial charge in [0.1, 0.15) is 0 Å². The van der Waals surface area contributed by atoms with E-state index in [9.17, 15) is 4.79 Å². The first-order valence-electron chi connectivity index (χ1n) is 7.38. The molecule has 0 amide bonds. The molecular weight excluding hydrogens is 276 g/mol. The molecule has 0 spiro atoms. The molecule has 5 heteroatoms. The second kappa shape index (κ2) is 5.97. The largest absolute Gasteiger partial charge is 0.367 e. The number of ketones is 1. The zero-order valence-corrected chi connectivity index (χ0v) is 12.7. The fourth-order valence-electron chi connectivity index (χ4n) is 2.40. The number of aromatic nitrogens is 3. The van der Waals surface area contributed by atoms with E-state index in [0.717, 1.165) is 35.7 Å². The SMILES string of the molecule is CCCNc1nccn2c(-c3cccc(C(C)=O)c3)cnc12. The predicted molar refractivity (Wildman–Crippen MR) is 87.2 cm³/mol. The van der Waals surface area contributed by atoms with Gasteiger partial charge in [-0.1, -0.05) is 25.1 Å². The van der Waals surface area contributed by atoms with Crippen molar-refractivity contribution in [1.29, 1.82) is 0 Å². The minimum atomic E-state index is 0.0580. The summed E-state index contributed by atoms with van der Waals surface area (Å²) in [6.45, 7) is 4.54. The predicted octanol–water partition coefficient (Wildman–Crippen LogP) is 3.42. The lowest BCUT2D eigenvalue weighted by molar-refractivity contribution is 0.101. The Kier molecular flexibility index (Phi) is 3.87. The number of hydrogen-bond donors (Lipinski definition) is 1. The van der Waals surface area contributed by atoms with E-state index in [2.05, 4.69) is 22.2 Å². The Morgan fingerprint density at radius 2 is 2.18 bits per heavy atom. The van der Waals surface area contributed by atoms with Crippen molar-refractivity contribution in [1.82, 2.24) is 14.4 Å². The molecule has 0 saturated heterocycles. The normalized spacial score (nSPS) is 10.8. The van der Waals surface area contributed by atoms with E-state index in [4.69, 9.17) is 0 Å². The lowest BCUT2D eigenvalue weighted by Gasteiger charge is -2.07. The van der Waals surface area contributed by atoms with E-state index in [1.807, 2.05) is 41.1 Å². The van der Waals surface area contributed by atoms with Gasteiger partial charge in [0.25, 0.3) is 0 Å². The summed E-state index contributed by atoms with van der Waals surface area (Å²) in [6, 6.07) is 7.59. The molecule has 0 bridgehead atoms. The highest BCUT2D eigenvalue weighted by Gasteiger charge is 2.11. The van der Waals surface area contributed by atoms with E-state index >= 15 is 0 Å². The smallest absolute Gasteiger partial charge is 0.180 e. The average molecular weight is 294 g/mol. The number of benzene rings is 1. The van der Waals surface area contributed by atoms with E-state index < -0.39 is 0 Å². The van der Waals surface area contributed by atoms with Crippen LogP contribution in [-0.4, -0.2) is 26.7 Å². The molecule has 0 unspecified atom stereocenters.